The average Bonchev–Trinajstić information content (AvgIpc) is 2.89. The quantitative estimate of drug-likeness (QED) is 0.926. The molecule has 0 spiro atoms. The molecular formula is C17H17ClO2. The highest BCUT2D eigenvalue weighted by Crippen LogP contribution is 2.28. The third-order valence-corrected chi connectivity index (χ3v) is 4.10. The molecule has 0 fully saturated rings. The van der Waals surface area contributed by atoms with Crippen LogP contribution in [0.25, 0.3) is 0 Å². The maximum absolute atomic E-state index is 10.4. The third kappa shape index (κ3) is 2.73. The lowest BCUT2D eigenvalue weighted by Gasteiger charge is -2.13. The summed E-state index contributed by atoms with van der Waals surface area (Å²) in [5, 5.41) is 11.1. The highest BCUT2D eigenvalue weighted by Gasteiger charge is 2.16. The molecule has 1 atom stereocenters. The van der Waals surface area contributed by atoms with E-state index >= 15 is 0 Å². The summed E-state index contributed by atoms with van der Waals surface area (Å²) in [5.41, 5.74) is 5.42. The standard InChI is InChI=1S/C17H17ClO2/c1-11-2-3-12(16(18)6-11)8-17(19)13-4-5-14-9-20-10-15(14)7-13/h2-7,17,19H,8-10H2,1H3. The highest BCUT2D eigenvalue weighted by atomic mass is 35.5. The Balaban J connectivity index is 1.80. The van der Waals surface area contributed by atoms with Crippen LogP contribution in [0.1, 0.15) is 33.9 Å². The molecule has 20 heavy (non-hydrogen) atoms. The average molecular weight is 289 g/mol. The molecule has 0 radical (unpaired) electrons. The molecule has 0 aliphatic carbocycles. The first-order chi connectivity index (χ1) is 9.63. The zero-order valence-electron chi connectivity index (χ0n) is 11.4. The van der Waals surface area contributed by atoms with E-state index in [0.29, 0.717) is 24.7 Å². The number of benzene rings is 2. The van der Waals surface area contributed by atoms with E-state index in [1.165, 1.54) is 11.1 Å². The first-order valence-corrected chi connectivity index (χ1v) is 7.14. The van der Waals surface area contributed by atoms with E-state index < -0.39 is 6.10 Å². The van der Waals surface area contributed by atoms with Gasteiger partial charge in [0.2, 0.25) is 0 Å². The van der Waals surface area contributed by atoms with Crippen molar-refractivity contribution in [1.29, 1.82) is 0 Å². The Hall–Kier alpha value is -1.35. The number of halogens is 1. The Morgan fingerprint density at radius 3 is 2.75 bits per heavy atom. The van der Waals surface area contributed by atoms with Gasteiger partial charge in [-0.25, -0.2) is 0 Å². The second-order valence-corrected chi connectivity index (χ2v) is 5.74. The van der Waals surface area contributed by atoms with Crippen LogP contribution in [0.4, 0.5) is 0 Å². The zero-order chi connectivity index (χ0) is 14.1. The Labute approximate surface area is 124 Å². The van der Waals surface area contributed by atoms with Crippen LogP contribution in [-0.4, -0.2) is 5.11 Å². The van der Waals surface area contributed by atoms with Gasteiger partial charge in [-0.1, -0.05) is 41.9 Å². The van der Waals surface area contributed by atoms with Crippen LogP contribution in [0.5, 0.6) is 0 Å². The van der Waals surface area contributed by atoms with Gasteiger partial charge in [-0.05, 0) is 40.8 Å². The summed E-state index contributed by atoms with van der Waals surface area (Å²) in [7, 11) is 0. The Morgan fingerprint density at radius 2 is 1.95 bits per heavy atom. The fourth-order valence-electron chi connectivity index (χ4n) is 2.54. The van der Waals surface area contributed by atoms with Crippen molar-refractivity contribution in [2.24, 2.45) is 0 Å². The van der Waals surface area contributed by atoms with Crippen LogP contribution in [0.3, 0.4) is 0 Å². The fourth-order valence-corrected chi connectivity index (χ4v) is 2.86. The summed E-state index contributed by atoms with van der Waals surface area (Å²) in [6.45, 7) is 3.32. The molecule has 0 bridgehead atoms. The van der Waals surface area contributed by atoms with Crippen LogP contribution >= 0.6 is 11.6 Å². The number of aliphatic hydroxyl groups is 1. The van der Waals surface area contributed by atoms with E-state index in [1.54, 1.807) is 0 Å². The van der Waals surface area contributed by atoms with Gasteiger partial charge in [-0.2, -0.15) is 0 Å². The second kappa shape index (κ2) is 5.57. The van der Waals surface area contributed by atoms with Crippen molar-refractivity contribution >= 4 is 11.6 Å². The molecule has 3 heteroatoms. The fraction of sp³-hybridized carbons (Fsp3) is 0.294. The van der Waals surface area contributed by atoms with Gasteiger partial charge in [0.1, 0.15) is 0 Å². The van der Waals surface area contributed by atoms with Crippen LogP contribution in [0.2, 0.25) is 5.02 Å². The van der Waals surface area contributed by atoms with E-state index in [1.807, 2.05) is 43.3 Å². The van der Waals surface area contributed by atoms with Gasteiger partial charge in [-0.3, -0.25) is 0 Å². The molecule has 1 unspecified atom stereocenters. The van der Waals surface area contributed by atoms with Gasteiger partial charge < -0.3 is 9.84 Å². The van der Waals surface area contributed by atoms with Gasteiger partial charge in [0, 0.05) is 11.4 Å². The van der Waals surface area contributed by atoms with Crippen molar-refractivity contribution in [3.8, 4) is 0 Å². The van der Waals surface area contributed by atoms with E-state index in [4.69, 9.17) is 16.3 Å². The first kappa shape index (κ1) is 13.6. The number of hydrogen-bond donors (Lipinski definition) is 1. The predicted molar refractivity (Wildman–Crippen MR) is 79.8 cm³/mol. The lowest BCUT2D eigenvalue weighted by Crippen LogP contribution is -2.03. The largest absolute Gasteiger partial charge is 0.388 e. The minimum atomic E-state index is -0.541. The van der Waals surface area contributed by atoms with E-state index in [9.17, 15) is 5.11 Å². The molecule has 0 amide bonds. The molecule has 2 nitrogen and oxygen atoms in total. The number of aryl methyl sites for hydroxylation is 1. The van der Waals surface area contributed by atoms with Gasteiger partial charge >= 0.3 is 0 Å². The first-order valence-electron chi connectivity index (χ1n) is 6.76. The van der Waals surface area contributed by atoms with Crippen molar-refractivity contribution in [3.05, 3.63) is 69.2 Å². The smallest absolute Gasteiger partial charge is 0.0831 e. The summed E-state index contributed by atoms with van der Waals surface area (Å²) in [4.78, 5) is 0. The topological polar surface area (TPSA) is 29.5 Å². The predicted octanol–water partition coefficient (Wildman–Crippen LogP) is 3.95. The number of hydrogen-bond acceptors (Lipinski definition) is 2. The number of fused-ring (bicyclic) bond motifs is 1. The van der Waals surface area contributed by atoms with E-state index in [0.717, 1.165) is 16.7 Å². The number of rotatable bonds is 3. The zero-order valence-corrected chi connectivity index (χ0v) is 12.2. The van der Waals surface area contributed by atoms with Crippen molar-refractivity contribution in [2.75, 3.05) is 0 Å². The summed E-state index contributed by atoms with van der Waals surface area (Å²) >= 11 is 6.22. The lowest BCUT2D eigenvalue weighted by atomic mass is 9.97. The van der Waals surface area contributed by atoms with Crippen LogP contribution < -0.4 is 0 Å². The van der Waals surface area contributed by atoms with Gasteiger partial charge in [0.05, 0.1) is 19.3 Å². The van der Waals surface area contributed by atoms with Crippen molar-refractivity contribution in [3.63, 3.8) is 0 Å². The molecule has 3 rings (SSSR count). The molecule has 1 aliphatic heterocycles. The third-order valence-electron chi connectivity index (χ3n) is 3.75. The highest BCUT2D eigenvalue weighted by molar-refractivity contribution is 6.31. The molecule has 1 heterocycles. The van der Waals surface area contributed by atoms with E-state index in [2.05, 4.69) is 0 Å². The van der Waals surface area contributed by atoms with E-state index in [-0.39, 0.29) is 0 Å². The maximum atomic E-state index is 10.4. The van der Waals surface area contributed by atoms with Crippen LogP contribution in [0.15, 0.2) is 36.4 Å². The van der Waals surface area contributed by atoms with Gasteiger partial charge in [0.25, 0.3) is 0 Å². The Bertz CT molecular complexity index is 637. The SMILES string of the molecule is Cc1ccc(CC(O)c2ccc3c(c2)COC3)c(Cl)c1. The van der Waals surface area contributed by atoms with Crippen LogP contribution in [0, 0.1) is 6.92 Å². The molecule has 0 saturated heterocycles. The maximum Gasteiger partial charge on any atom is 0.0831 e. The monoisotopic (exact) mass is 288 g/mol. The van der Waals surface area contributed by atoms with Crippen molar-refractivity contribution < 1.29 is 9.84 Å². The molecule has 1 N–H and O–H groups in total. The number of ether oxygens (including phenoxy) is 1. The molecule has 104 valence electrons. The summed E-state index contributed by atoms with van der Waals surface area (Å²) < 4.78 is 5.40. The van der Waals surface area contributed by atoms with Crippen molar-refractivity contribution in [1.82, 2.24) is 0 Å². The van der Waals surface area contributed by atoms with Gasteiger partial charge in [-0.15, -0.1) is 0 Å². The molecular weight excluding hydrogens is 272 g/mol. The summed E-state index contributed by atoms with van der Waals surface area (Å²) in [6, 6.07) is 12.0. The lowest BCUT2D eigenvalue weighted by molar-refractivity contribution is 0.134. The molecule has 2 aromatic rings. The molecule has 1 aliphatic rings. The number of aliphatic hydroxyl groups excluding tert-OH is 1. The normalized spacial score (nSPS) is 15.2. The molecule has 2 aromatic carbocycles. The van der Waals surface area contributed by atoms with Crippen molar-refractivity contribution in [2.45, 2.75) is 32.7 Å². The van der Waals surface area contributed by atoms with Crippen LogP contribution in [-0.2, 0) is 24.4 Å². The second-order valence-electron chi connectivity index (χ2n) is 5.34. The minimum Gasteiger partial charge on any atom is -0.388 e. The van der Waals surface area contributed by atoms with Gasteiger partial charge in [0.15, 0.2) is 0 Å². The summed E-state index contributed by atoms with van der Waals surface area (Å²) in [5.74, 6) is 0. The molecule has 0 saturated carbocycles. The minimum absolute atomic E-state index is 0.527. The Kier molecular flexibility index (Phi) is 3.79. The molecule has 0 aromatic heterocycles. The summed E-state index contributed by atoms with van der Waals surface area (Å²) in [6.07, 6.45) is -0.0141. The Morgan fingerprint density at radius 1 is 1.15 bits per heavy atom.